The lowest BCUT2D eigenvalue weighted by Crippen LogP contribution is -2.01. The SMILES string of the molecule is CC(=O)CCC(C)CCCC(C)CCS. The van der Waals surface area contributed by atoms with Gasteiger partial charge in [0.05, 0.1) is 0 Å². The highest BCUT2D eigenvalue weighted by atomic mass is 32.1. The van der Waals surface area contributed by atoms with E-state index in [1.54, 1.807) is 6.92 Å². The van der Waals surface area contributed by atoms with Crippen LogP contribution in [0.15, 0.2) is 0 Å². The lowest BCUT2D eigenvalue weighted by atomic mass is 9.94. The zero-order valence-electron chi connectivity index (χ0n) is 10.5. The van der Waals surface area contributed by atoms with Gasteiger partial charge in [0.2, 0.25) is 0 Å². The maximum Gasteiger partial charge on any atom is 0.129 e. The largest absolute Gasteiger partial charge is 0.300 e. The highest BCUT2D eigenvalue weighted by Crippen LogP contribution is 2.18. The van der Waals surface area contributed by atoms with E-state index in [0.717, 1.165) is 24.5 Å². The van der Waals surface area contributed by atoms with E-state index in [4.69, 9.17) is 0 Å². The first-order valence-electron chi connectivity index (χ1n) is 6.16. The zero-order valence-corrected chi connectivity index (χ0v) is 11.4. The van der Waals surface area contributed by atoms with E-state index in [1.165, 1.54) is 25.7 Å². The molecule has 0 radical (unpaired) electrons. The molecule has 0 aliphatic heterocycles. The Morgan fingerprint density at radius 1 is 1.07 bits per heavy atom. The Kier molecular flexibility index (Phi) is 9.27. The molecule has 0 aliphatic rings. The molecule has 0 amide bonds. The zero-order chi connectivity index (χ0) is 11.7. The van der Waals surface area contributed by atoms with Crippen LogP contribution in [0.1, 0.15) is 59.3 Å². The van der Waals surface area contributed by atoms with Crippen LogP contribution in [0.5, 0.6) is 0 Å². The minimum atomic E-state index is 0.324. The van der Waals surface area contributed by atoms with Crippen molar-refractivity contribution < 1.29 is 4.79 Å². The third kappa shape index (κ3) is 10.3. The Labute approximate surface area is 100 Å². The molecule has 0 aromatic heterocycles. The lowest BCUT2D eigenvalue weighted by Gasteiger charge is -2.13. The smallest absolute Gasteiger partial charge is 0.129 e. The predicted molar refractivity (Wildman–Crippen MR) is 70.6 cm³/mol. The number of carbonyl (C=O) groups is 1. The van der Waals surface area contributed by atoms with E-state index in [-0.39, 0.29) is 0 Å². The highest BCUT2D eigenvalue weighted by Gasteiger charge is 2.06. The van der Waals surface area contributed by atoms with Crippen LogP contribution < -0.4 is 0 Å². The normalized spacial score (nSPS) is 14.9. The van der Waals surface area contributed by atoms with Gasteiger partial charge >= 0.3 is 0 Å². The first-order chi connectivity index (χ1) is 7.06. The van der Waals surface area contributed by atoms with E-state index in [2.05, 4.69) is 26.5 Å². The van der Waals surface area contributed by atoms with Gasteiger partial charge in [-0.25, -0.2) is 0 Å². The van der Waals surface area contributed by atoms with Gasteiger partial charge in [0.1, 0.15) is 5.78 Å². The van der Waals surface area contributed by atoms with E-state index in [1.807, 2.05) is 0 Å². The molecule has 0 spiro atoms. The molecule has 2 atom stereocenters. The molecule has 2 heteroatoms. The van der Waals surface area contributed by atoms with Crippen LogP contribution in [0, 0.1) is 11.8 Å². The van der Waals surface area contributed by atoms with E-state index < -0.39 is 0 Å². The molecular weight excluding hydrogens is 204 g/mol. The minimum absolute atomic E-state index is 0.324. The second kappa shape index (κ2) is 9.26. The maximum absolute atomic E-state index is 10.8. The van der Waals surface area contributed by atoms with Crippen molar-refractivity contribution in [2.24, 2.45) is 11.8 Å². The fraction of sp³-hybridized carbons (Fsp3) is 0.923. The average Bonchev–Trinajstić information content (AvgIpc) is 2.15. The van der Waals surface area contributed by atoms with Gasteiger partial charge in [0.25, 0.3) is 0 Å². The predicted octanol–water partition coefficient (Wildman–Crippen LogP) is 4.12. The Bertz CT molecular complexity index is 168. The van der Waals surface area contributed by atoms with Crippen LogP contribution >= 0.6 is 12.6 Å². The van der Waals surface area contributed by atoms with Crippen LogP contribution in [0.4, 0.5) is 0 Å². The summed E-state index contributed by atoms with van der Waals surface area (Å²) in [4.78, 5) is 10.8. The van der Waals surface area contributed by atoms with Crippen molar-refractivity contribution in [2.45, 2.75) is 59.3 Å². The number of rotatable bonds is 9. The molecule has 0 saturated carbocycles. The number of carbonyl (C=O) groups excluding carboxylic acids is 1. The molecule has 15 heavy (non-hydrogen) atoms. The summed E-state index contributed by atoms with van der Waals surface area (Å²) in [5.41, 5.74) is 0. The summed E-state index contributed by atoms with van der Waals surface area (Å²) < 4.78 is 0. The molecule has 0 N–H and O–H groups in total. The van der Waals surface area contributed by atoms with Crippen molar-refractivity contribution in [3.8, 4) is 0 Å². The standard InChI is InChI=1S/C13H26OS/c1-11(7-8-13(3)14)5-4-6-12(2)9-10-15/h11-12,15H,4-10H2,1-3H3. The van der Waals surface area contributed by atoms with Crippen LogP contribution in [-0.4, -0.2) is 11.5 Å². The van der Waals surface area contributed by atoms with Crippen molar-refractivity contribution in [3.63, 3.8) is 0 Å². The summed E-state index contributed by atoms with van der Waals surface area (Å²) in [5, 5.41) is 0. The second-order valence-corrected chi connectivity index (χ2v) is 5.34. The highest BCUT2D eigenvalue weighted by molar-refractivity contribution is 7.80. The van der Waals surface area contributed by atoms with E-state index in [9.17, 15) is 4.79 Å². The molecule has 0 heterocycles. The first kappa shape index (κ1) is 15.0. The Balaban J connectivity index is 3.37. The average molecular weight is 230 g/mol. The van der Waals surface area contributed by atoms with Crippen LogP contribution in [0.2, 0.25) is 0 Å². The molecule has 0 aromatic carbocycles. The summed E-state index contributed by atoms with van der Waals surface area (Å²) in [6.07, 6.45) is 6.93. The lowest BCUT2D eigenvalue weighted by molar-refractivity contribution is -0.117. The maximum atomic E-state index is 10.8. The molecule has 0 bridgehead atoms. The van der Waals surface area contributed by atoms with Crippen molar-refractivity contribution in [2.75, 3.05) is 5.75 Å². The van der Waals surface area contributed by atoms with Gasteiger partial charge in [0.15, 0.2) is 0 Å². The Morgan fingerprint density at radius 3 is 2.07 bits per heavy atom. The van der Waals surface area contributed by atoms with Crippen molar-refractivity contribution in [3.05, 3.63) is 0 Å². The first-order valence-corrected chi connectivity index (χ1v) is 6.79. The van der Waals surface area contributed by atoms with Gasteiger partial charge in [-0.15, -0.1) is 0 Å². The fourth-order valence-electron chi connectivity index (χ4n) is 1.77. The van der Waals surface area contributed by atoms with E-state index >= 15 is 0 Å². The molecular formula is C13H26OS. The Morgan fingerprint density at radius 2 is 1.60 bits per heavy atom. The molecule has 1 nitrogen and oxygen atoms in total. The van der Waals surface area contributed by atoms with Crippen molar-refractivity contribution in [1.82, 2.24) is 0 Å². The summed E-state index contributed by atoms with van der Waals surface area (Å²) >= 11 is 4.24. The monoisotopic (exact) mass is 230 g/mol. The van der Waals surface area contributed by atoms with Crippen molar-refractivity contribution >= 4 is 18.4 Å². The molecule has 90 valence electrons. The number of ketones is 1. The topological polar surface area (TPSA) is 17.1 Å². The van der Waals surface area contributed by atoms with E-state index in [0.29, 0.717) is 11.7 Å². The van der Waals surface area contributed by atoms with Crippen LogP contribution in [0.3, 0.4) is 0 Å². The molecule has 0 aromatic rings. The molecule has 0 saturated heterocycles. The number of hydrogen-bond donors (Lipinski definition) is 1. The third-order valence-corrected chi connectivity index (χ3v) is 3.26. The number of Topliss-reactive ketones (excluding diaryl/α,β-unsaturated/α-hetero) is 1. The van der Waals surface area contributed by atoms with Gasteiger partial charge in [-0.1, -0.05) is 33.1 Å². The summed E-state index contributed by atoms with van der Waals surface area (Å²) in [6, 6.07) is 0. The van der Waals surface area contributed by atoms with Crippen LogP contribution in [0.25, 0.3) is 0 Å². The van der Waals surface area contributed by atoms with Gasteiger partial charge < -0.3 is 4.79 Å². The minimum Gasteiger partial charge on any atom is -0.300 e. The molecule has 2 unspecified atom stereocenters. The summed E-state index contributed by atoms with van der Waals surface area (Å²) in [7, 11) is 0. The summed E-state index contributed by atoms with van der Waals surface area (Å²) in [5.74, 6) is 2.84. The third-order valence-electron chi connectivity index (χ3n) is 3.00. The second-order valence-electron chi connectivity index (χ2n) is 4.89. The number of thiol groups is 1. The molecule has 0 aliphatic carbocycles. The van der Waals surface area contributed by atoms with Gasteiger partial charge in [-0.2, -0.15) is 12.6 Å². The number of hydrogen-bond acceptors (Lipinski definition) is 2. The summed E-state index contributed by atoms with van der Waals surface area (Å²) in [6.45, 7) is 6.24. The van der Waals surface area contributed by atoms with Gasteiger partial charge in [-0.05, 0) is 37.4 Å². The quantitative estimate of drug-likeness (QED) is 0.590. The molecule has 0 rings (SSSR count). The van der Waals surface area contributed by atoms with Crippen LogP contribution in [-0.2, 0) is 4.79 Å². The fourth-order valence-corrected chi connectivity index (χ4v) is 2.21. The van der Waals surface area contributed by atoms with Gasteiger partial charge in [0, 0.05) is 6.42 Å². The van der Waals surface area contributed by atoms with Crippen molar-refractivity contribution in [1.29, 1.82) is 0 Å². The van der Waals surface area contributed by atoms with Gasteiger partial charge in [-0.3, -0.25) is 0 Å². The Hall–Kier alpha value is 0.0200. The molecule has 0 fully saturated rings.